The Morgan fingerprint density at radius 3 is 0.826 bits per heavy atom. The van der Waals surface area contributed by atoms with Crippen LogP contribution < -0.4 is 0 Å². The molecule has 0 aromatic heterocycles. The van der Waals surface area contributed by atoms with E-state index in [1.54, 1.807) is 0 Å². The van der Waals surface area contributed by atoms with Crippen molar-refractivity contribution in [1.29, 1.82) is 0 Å². The minimum Gasteiger partial charge on any atom is -0.462 e. The summed E-state index contributed by atoms with van der Waals surface area (Å²) in [6.07, 6.45) is 48.3. The molecule has 0 saturated heterocycles. The van der Waals surface area contributed by atoms with Crippen LogP contribution in [0.2, 0.25) is 0 Å². The van der Waals surface area contributed by atoms with E-state index in [0.717, 1.165) is 108 Å². The molecule has 0 fully saturated rings. The minimum atomic E-state index is -4.95. The van der Waals surface area contributed by atoms with E-state index in [0.29, 0.717) is 25.7 Å². The fourth-order valence-electron chi connectivity index (χ4n) is 11.0. The highest BCUT2D eigenvalue weighted by molar-refractivity contribution is 7.47. The Kier molecular flexibility index (Phi) is 62.4. The van der Waals surface area contributed by atoms with Crippen LogP contribution in [-0.2, 0) is 65.4 Å². The lowest BCUT2D eigenvalue weighted by Crippen LogP contribution is -2.30. The van der Waals surface area contributed by atoms with Gasteiger partial charge in [0.1, 0.15) is 19.3 Å². The van der Waals surface area contributed by atoms with Gasteiger partial charge in [-0.3, -0.25) is 37.3 Å². The van der Waals surface area contributed by atoms with E-state index >= 15 is 0 Å². The first-order valence-corrected chi connectivity index (χ1v) is 40.9. The number of aliphatic hydroxyl groups is 1. The van der Waals surface area contributed by atoms with Gasteiger partial charge >= 0.3 is 39.5 Å². The molecule has 7 atom stereocenters. The molecule has 4 unspecified atom stereocenters. The highest BCUT2D eigenvalue weighted by atomic mass is 31.2. The summed E-state index contributed by atoms with van der Waals surface area (Å²) in [4.78, 5) is 72.7. The summed E-state index contributed by atoms with van der Waals surface area (Å²) in [5, 5.41) is 10.6. The van der Waals surface area contributed by atoms with E-state index in [9.17, 15) is 43.2 Å². The first-order valence-electron chi connectivity index (χ1n) is 37.9. The number of rotatable bonds is 71. The number of ether oxygens (including phenoxy) is 4. The molecule has 0 radical (unpaired) electrons. The summed E-state index contributed by atoms with van der Waals surface area (Å²) in [6.45, 7) is 11.9. The number of phosphoric acid groups is 2. The normalized spacial score (nSPS) is 14.7. The number of hydrogen-bond donors (Lipinski definition) is 3. The summed E-state index contributed by atoms with van der Waals surface area (Å²) in [5.41, 5.74) is 0. The molecule has 0 aromatic rings. The largest absolute Gasteiger partial charge is 0.472 e. The van der Waals surface area contributed by atoms with Crippen LogP contribution in [0.4, 0.5) is 0 Å². The Morgan fingerprint density at radius 1 is 0.315 bits per heavy atom. The number of carbonyl (C=O) groups excluding carboxylic acids is 4. The zero-order valence-electron chi connectivity index (χ0n) is 60.0. The van der Waals surface area contributed by atoms with Crippen LogP contribution in [0.1, 0.15) is 370 Å². The molecule has 546 valence electrons. The van der Waals surface area contributed by atoms with Crippen LogP contribution in [0.3, 0.4) is 0 Å². The Labute approximate surface area is 562 Å². The minimum absolute atomic E-state index is 0.106. The van der Waals surface area contributed by atoms with Gasteiger partial charge < -0.3 is 33.8 Å². The summed E-state index contributed by atoms with van der Waals surface area (Å²) >= 11 is 0. The monoisotopic (exact) mass is 1350 g/mol. The lowest BCUT2D eigenvalue weighted by Gasteiger charge is -2.21. The van der Waals surface area contributed by atoms with Crippen molar-refractivity contribution in [2.24, 2.45) is 17.8 Å². The molecule has 92 heavy (non-hydrogen) atoms. The van der Waals surface area contributed by atoms with Crippen molar-refractivity contribution in [1.82, 2.24) is 0 Å². The van der Waals surface area contributed by atoms with E-state index in [2.05, 4.69) is 48.5 Å². The number of unbranched alkanes of at least 4 members (excludes halogenated alkanes) is 37. The SMILES string of the molecule is CCCCCCCCCCCCCCCC(=O)O[C@H](COC(=O)CCCCCCCCCCC(C)CC)COP(=O)(O)OC[C@H](O)COP(=O)(O)OC[C@@H](COC(=O)CCCCCCCCCCCCC(C)C)OC(=O)CCCCCCCCCCCCC(C)CC. The average molecular weight is 1350 g/mol. The maximum absolute atomic E-state index is 13.1. The Morgan fingerprint density at radius 2 is 0.554 bits per heavy atom. The van der Waals surface area contributed by atoms with Crippen molar-refractivity contribution in [3.63, 3.8) is 0 Å². The molecule has 0 aliphatic heterocycles. The fraction of sp³-hybridized carbons (Fsp3) is 0.945. The molecule has 0 aromatic carbocycles. The number of carbonyl (C=O) groups is 4. The number of hydrogen-bond acceptors (Lipinski definition) is 15. The van der Waals surface area contributed by atoms with E-state index in [-0.39, 0.29) is 25.7 Å². The molecule has 0 saturated carbocycles. The molecular weight excluding hydrogens is 1210 g/mol. The predicted octanol–water partition coefficient (Wildman–Crippen LogP) is 21.0. The van der Waals surface area contributed by atoms with Gasteiger partial charge in [0.15, 0.2) is 12.2 Å². The fourth-order valence-corrected chi connectivity index (χ4v) is 12.6. The Hall–Kier alpha value is -1.94. The molecule has 0 rings (SSSR count). The molecule has 0 amide bonds. The quantitative estimate of drug-likeness (QED) is 0.0222. The van der Waals surface area contributed by atoms with Crippen molar-refractivity contribution in [3.8, 4) is 0 Å². The van der Waals surface area contributed by atoms with Crippen LogP contribution in [0, 0.1) is 17.8 Å². The zero-order chi connectivity index (χ0) is 68.0. The van der Waals surface area contributed by atoms with E-state index in [4.69, 9.17) is 37.0 Å². The predicted molar refractivity (Wildman–Crippen MR) is 372 cm³/mol. The maximum Gasteiger partial charge on any atom is 0.472 e. The zero-order valence-corrected chi connectivity index (χ0v) is 61.8. The standard InChI is InChI=1S/C73H142O17P2/c1-8-11-12-13-14-15-16-17-18-26-35-42-49-56-72(77)89-69(61-84-71(76)55-48-41-34-29-28-32-39-46-53-66(7)10-3)63-88-92(81,82)86-59-67(74)58-85-91(79,80)87-62-68(60-83-70(75)54-47-40-33-25-21-19-23-30-37-44-51-64(4)5)90-73(78)57-50-43-36-27-22-20-24-31-38-45-52-65(6)9-2/h64-69,74H,8-63H2,1-7H3,(H,79,80)(H,81,82)/t65?,66?,67-,68-,69-/m1/s1. The van der Waals surface area contributed by atoms with Crippen LogP contribution in [0.15, 0.2) is 0 Å². The molecule has 0 spiro atoms. The topological polar surface area (TPSA) is 237 Å². The molecule has 0 bridgehead atoms. The van der Waals surface area contributed by atoms with E-state index < -0.39 is 97.5 Å². The van der Waals surface area contributed by atoms with Crippen LogP contribution in [0.5, 0.6) is 0 Å². The van der Waals surface area contributed by atoms with E-state index in [1.807, 2.05) is 0 Å². The van der Waals surface area contributed by atoms with Crippen LogP contribution in [-0.4, -0.2) is 96.7 Å². The summed E-state index contributed by atoms with van der Waals surface area (Å²) in [5.74, 6) is 0.219. The lowest BCUT2D eigenvalue weighted by molar-refractivity contribution is -0.161. The van der Waals surface area contributed by atoms with Gasteiger partial charge in [-0.15, -0.1) is 0 Å². The van der Waals surface area contributed by atoms with Gasteiger partial charge in [-0.1, -0.05) is 318 Å². The van der Waals surface area contributed by atoms with Gasteiger partial charge in [-0.05, 0) is 43.4 Å². The molecular formula is C73H142O17P2. The van der Waals surface area contributed by atoms with E-state index in [1.165, 1.54) is 180 Å². The first-order chi connectivity index (χ1) is 44.3. The van der Waals surface area contributed by atoms with Gasteiger partial charge in [0.25, 0.3) is 0 Å². The van der Waals surface area contributed by atoms with Crippen molar-refractivity contribution < 1.29 is 80.2 Å². The van der Waals surface area contributed by atoms with Gasteiger partial charge in [-0.25, -0.2) is 9.13 Å². The summed E-state index contributed by atoms with van der Waals surface area (Å²) < 4.78 is 68.4. The first kappa shape index (κ1) is 90.1. The second-order valence-corrected chi connectivity index (χ2v) is 30.2. The third-order valence-corrected chi connectivity index (χ3v) is 19.5. The molecule has 0 aliphatic rings. The third kappa shape index (κ3) is 64.1. The third-order valence-electron chi connectivity index (χ3n) is 17.6. The van der Waals surface area contributed by atoms with Crippen molar-refractivity contribution in [2.45, 2.75) is 388 Å². The van der Waals surface area contributed by atoms with Gasteiger partial charge in [0.2, 0.25) is 0 Å². The highest BCUT2D eigenvalue weighted by Crippen LogP contribution is 2.45. The Balaban J connectivity index is 5.28. The van der Waals surface area contributed by atoms with Gasteiger partial charge in [-0.2, -0.15) is 0 Å². The number of aliphatic hydroxyl groups excluding tert-OH is 1. The summed E-state index contributed by atoms with van der Waals surface area (Å²) in [6, 6.07) is 0. The maximum atomic E-state index is 13.1. The molecule has 19 heteroatoms. The molecule has 0 heterocycles. The second kappa shape index (κ2) is 63.8. The second-order valence-electron chi connectivity index (χ2n) is 27.3. The van der Waals surface area contributed by atoms with Crippen molar-refractivity contribution in [3.05, 3.63) is 0 Å². The molecule has 3 N–H and O–H groups in total. The molecule has 17 nitrogen and oxygen atoms in total. The highest BCUT2D eigenvalue weighted by Gasteiger charge is 2.30. The Bertz CT molecular complexity index is 1810. The summed E-state index contributed by atoms with van der Waals surface area (Å²) in [7, 11) is -9.91. The van der Waals surface area contributed by atoms with Gasteiger partial charge in [0, 0.05) is 25.7 Å². The van der Waals surface area contributed by atoms with Crippen molar-refractivity contribution >= 4 is 39.5 Å². The number of esters is 4. The van der Waals surface area contributed by atoms with Crippen LogP contribution >= 0.6 is 15.6 Å². The lowest BCUT2D eigenvalue weighted by atomic mass is 9.99. The van der Waals surface area contributed by atoms with Crippen molar-refractivity contribution in [2.75, 3.05) is 39.6 Å². The average Bonchev–Trinajstić information content (AvgIpc) is 1.67. The van der Waals surface area contributed by atoms with Gasteiger partial charge in [0.05, 0.1) is 26.4 Å². The number of phosphoric ester groups is 2. The molecule has 0 aliphatic carbocycles. The smallest absolute Gasteiger partial charge is 0.462 e. The van der Waals surface area contributed by atoms with Crippen LogP contribution in [0.25, 0.3) is 0 Å².